The van der Waals surface area contributed by atoms with Crippen LogP contribution in [0.4, 0.5) is 0 Å². The fourth-order valence-electron chi connectivity index (χ4n) is 4.53. The van der Waals surface area contributed by atoms with Crippen molar-refractivity contribution in [3.05, 3.63) is 58.8 Å². The number of benzene rings is 2. The maximum Gasteiger partial charge on any atom is 0.337 e. The number of fused-ring (bicyclic) bond motifs is 2. The second-order valence-electron chi connectivity index (χ2n) is 7.85. The first kappa shape index (κ1) is 21.7. The van der Waals surface area contributed by atoms with Crippen LogP contribution in [0.3, 0.4) is 0 Å². The fraction of sp³-hybridized carbons (Fsp3) is 0.360. The maximum absolute atomic E-state index is 12.0. The van der Waals surface area contributed by atoms with E-state index in [-0.39, 0.29) is 12.0 Å². The molecule has 1 aliphatic rings. The third-order valence-corrected chi connectivity index (χ3v) is 6.14. The van der Waals surface area contributed by atoms with Crippen LogP contribution in [0.5, 0.6) is 11.5 Å². The van der Waals surface area contributed by atoms with Crippen LogP contribution in [0.25, 0.3) is 10.9 Å². The van der Waals surface area contributed by atoms with E-state index in [0.717, 1.165) is 53.5 Å². The summed E-state index contributed by atoms with van der Waals surface area (Å²) in [5, 5.41) is 0.992. The van der Waals surface area contributed by atoms with Crippen LogP contribution < -0.4 is 9.47 Å². The van der Waals surface area contributed by atoms with E-state index in [1.165, 1.54) is 12.7 Å². The van der Waals surface area contributed by atoms with Gasteiger partial charge in [0.05, 0.1) is 32.4 Å². The molecule has 0 fully saturated rings. The molecule has 0 saturated carbocycles. The molecule has 1 aromatic heterocycles. The number of amides is 1. The van der Waals surface area contributed by atoms with Crippen molar-refractivity contribution in [2.75, 3.05) is 27.4 Å². The Morgan fingerprint density at radius 2 is 2.06 bits per heavy atom. The van der Waals surface area contributed by atoms with Crippen LogP contribution in [0.2, 0.25) is 0 Å². The molecule has 7 nitrogen and oxygen atoms in total. The highest BCUT2D eigenvalue weighted by Gasteiger charge is 2.28. The van der Waals surface area contributed by atoms with Crippen LogP contribution in [-0.2, 0) is 22.4 Å². The summed E-state index contributed by atoms with van der Waals surface area (Å²) in [6, 6.07) is 9.49. The van der Waals surface area contributed by atoms with Gasteiger partial charge in [0.25, 0.3) is 0 Å². The zero-order valence-electron chi connectivity index (χ0n) is 18.6. The van der Waals surface area contributed by atoms with E-state index in [1.54, 1.807) is 13.2 Å². The normalized spacial score (nSPS) is 15.3. The molecule has 7 heteroatoms. The second kappa shape index (κ2) is 9.34. The monoisotopic (exact) mass is 436 g/mol. The van der Waals surface area contributed by atoms with E-state index < -0.39 is 0 Å². The van der Waals surface area contributed by atoms with Crippen LogP contribution in [0.15, 0.2) is 36.5 Å². The lowest BCUT2D eigenvalue weighted by Crippen LogP contribution is -2.34. The van der Waals surface area contributed by atoms with Crippen molar-refractivity contribution in [1.82, 2.24) is 9.88 Å². The Morgan fingerprint density at radius 1 is 1.22 bits per heavy atom. The third kappa shape index (κ3) is 4.02. The molecule has 0 radical (unpaired) electrons. The highest BCUT2D eigenvalue weighted by Crippen LogP contribution is 2.40. The maximum atomic E-state index is 12.0. The number of carbonyl (C=O) groups excluding carboxylic acids is 2. The van der Waals surface area contributed by atoms with Crippen molar-refractivity contribution in [2.45, 2.75) is 32.2 Å². The van der Waals surface area contributed by atoms with E-state index in [1.807, 2.05) is 42.3 Å². The Morgan fingerprint density at radius 3 is 2.78 bits per heavy atom. The van der Waals surface area contributed by atoms with Crippen molar-refractivity contribution in [1.29, 1.82) is 0 Å². The molecule has 1 atom stereocenters. The van der Waals surface area contributed by atoms with Gasteiger partial charge in [0, 0.05) is 23.6 Å². The van der Waals surface area contributed by atoms with Gasteiger partial charge in [-0.1, -0.05) is 0 Å². The lowest BCUT2D eigenvalue weighted by atomic mass is 9.88. The number of methoxy groups -OCH3 is 2. The van der Waals surface area contributed by atoms with Crippen molar-refractivity contribution in [3.63, 3.8) is 0 Å². The first-order chi connectivity index (χ1) is 15.6. The molecule has 0 spiro atoms. The van der Waals surface area contributed by atoms with E-state index >= 15 is 0 Å². The minimum absolute atomic E-state index is 0.0601. The molecule has 168 valence electrons. The highest BCUT2D eigenvalue weighted by molar-refractivity contribution is 5.95. The van der Waals surface area contributed by atoms with Gasteiger partial charge in [0.2, 0.25) is 6.41 Å². The van der Waals surface area contributed by atoms with Gasteiger partial charge in [-0.2, -0.15) is 0 Å². The number of aromatic amines is 1. The van der Waals surface area contributed by atoms with Crippen molar-refractivity contribution < 1.29 is 23.8 Å². The Bertz CT molecular complexity index is 1140. The Balaban J connectivity index is 1.65. The number of hydrogen-bond acceptors (Lipinski definition) is 5. The van der Waals surface area contributed by atoms with E-state index in [0.29, 0.717) is 24.5 Å². The zero-order valence-corrected chi connectivity index (χ0v) is 18.6. The summed E-state index contributed by atoms with van der Waals surface area (Å²) >= 11 is 0. The summed E-state index contributed by atoms with van der Waals surface area (Å²) in [7, 11) is 3.02. The molecule has 1 aliphatic heterocycles. The molecule has 4 rings (SSSR count). The molecular formula is C25H28N2O5. The summed E-state index contributed by atoms with van der Waals surface area (Å²) in [5.41, 5.74) is 4.87. The van der Waals surface area contributed by atoms with Gasteiger partial charge in [-0.3, -0.25) is 4.79 Å². The van der Waals surface area contributed by atoms with Crippen molar-refractivity contribution >= 4 is 23.3 Å². The first-order valence-electron chi connectivity index (χ1n) is 10.8. The number of carbonyl (C=O) groups is 2. The molecule has 0 saturated heterocycles. The Kier molecular flexibility index (Phi) is 6.35. The molecule has 3 aromatic rings. The molecule has 0 unspecified atom stereocenters. The van der Waals surface area contributed by atoms with Gasteiger partial charge in [0.1, 0.15) is 0 Å². The van der Waals surface area contributed by atoms with Crippen molar-refractivity contribution in [2.24, 2.45) is 0 Å². The van der Waals surface area contributed by atoms with E-state index in [9.17, 15) is 9.59 Å². The first-order valence-corrected chi connectivity index (χ1v) is 10.8. The molecule has 1 amide bonds. The fourth-order valence-corrected chi connectivity index (χ4v) is 4.53. The molecule has 32 heavy (non-hydrogen) atoms. The SMILES string of the molecule is CCOc1cc2c(cc1OC)CCN(C=O)[C@H]2CCc1c[nH]c2ccc(C(=O)OC)cc12. The van der Waals surface area contributed by atoms with E-state index in [2.05, 4.69) is 4.98 Å². The third-order valence-electron chi connectivity index (χ3n) is 6.14. The highest BCUT2D eigenvalue weighted by atomic mass is 16.5. The molecule has 0 bridgehead atoms. The minimum atomic E-state index is -0.357. The molecule has 2 heterocycles. The number of nitrogens with one attached hydrogen (secondary N) is 1. The van der Waals surface area contributed by atoms with Crippen LogP contribution in [-0.4, -0.2) is 49.6 Å². The molecule has 1 N–H and O–H groups in total. The quantitative estimate of drug-likeness (QED) is 0.426. The predicted octanol–water partition coefficient (Wildman–Crippen LogP) is 4.05. The van der Waals surface area contributed by atoms with Gasteiger partial charge in [0.15, 0.2) is 11.5 Å². The van der Waals surface area contributed by atoms with Gasteiger partial charge >= 0.3 is 5.97 Å². The molecule has 0 aliphatic carbocycles. The van der Waals surface area contributed by atoms with Crippen molar-refractivity contribution in [3.8, 4) is 11.5 Å². The lowest BCUT2D eigenvalue weighted by Gasteiger charge is -2.35. The van der Waals surface area contributed by atoms with Gasteiger partial charge in [-0.15, -0.1) is 0 Å². The minimum Gasteiger partial charge on any atom is -0.493 e. The number of nitrogens with zero attached hydrogens (tertiary/aromatic N) is 1. The number of aromatic nitrogens is 1. The smallest absolute Gasteiger partial charge is 0.337 e. The summed E-state index contributed by atoms with van der Waals surface area (Å²) in [6.07, 6.45) is 5.18. The zero-order chi connectivity index (χ0) is 22.7. The number of esters is 1. The van der Waals surface area contributed by atoms with Crippen LogP contribution in [0, 0.1) is 0 Å². The van der Waals surface area contributed by atoms with Gasteiger partial charge in [-0.05, 0) is 73.2 Å². The van der Waals surface area contributed by atoms with Gasteiger partial charge < -0.3 is 24.1 Å². The number of ether oxygens (including phenoxy) is 3. The lowest BCUT2D eigenvalue weighted by molar-refractivity contribution is -0.120. The molecular weight excluding hydrogens is 408 g/mol. The second-order valence-corrected chi connectivity index (χ2v) is 7.85. The standard InChI is InChI=1S/C25H28N2O5/c1-4-32-24-13-20-16(12-23(24)30-2)9-10-27(15-28)22(20)8-6-18-14-26-21-7-5-17(11-19(18)21)25(29)31-3/h5,7,11-15,22,26H,4,6,8-10H2,1-3H3/t22-/m0/s1. The largest absolute Gasteiger partial charge is 0.493 e. The van der Waals surface area contributed by atoms with E-state index in [4.69, 9.17) is 14.2 Å². The Hall–Kier alpha value is -3.48. The Labute approximate surface area is 187 Å². The number of H-pyrrole nitrogens is 1. The number of hydrogen-bond donors (Lipinski definition) is 1. The summed E-state index contributed by atoms with van der Waals surface area (Å²) in [5.74, 6) is 1.06. The predicted molar refractivity (Wildman–Crippen MR) is 121 cm³/mol. The molecule has 2 aromatic carbocycles. The topological polar surface area (TPSA) is 80.9 Å². The van der Waals surface area contributed by atoms with Crippen LogP contribution >= 0.6 is 0 Å². The number of aryl methyl sites for hydroxylation is 1. The summed E-state index contributed by atoms with van der Waals surface area (Å²) < 4.78 is 16.2. The summed E-state index contributed by atoms with van der Waals surface area (Å²) in [6.45, 7) is 3.14. The number of rotatable bonds is 8. The van der Waals surface area contributed by atoms with Crippen LogP contribution in [0.1, 0.15) is 46.4 Å². The average molecular weight is 437 g/mol. The average Bonchev–Trinajstić information content (AvgIpc) is 3.23. The van der Waals surface area contributed by atoms with Gasteiger partial charge in [-0.25, -0.2) is 4.79 Å². The summed E-state index contributed by atoms with van der Waals surface area (Å²) in [4.78, 5) is 28.9.